The summed E-state index contributed by atoms with van der Waals surface area (Å²) in [6.07, 6.45) is 2.71. The molecule has 1 atom stereocenters. The minimum absolute atomic E-state index is 0.249. The number of likely N-dealkylation sites (N-methyl/N-ethyl adjacent to an activating group) is 1. The molecule has 0 aliphatic heterocycles. The van der Waals surface area contributed by atoms with Gasteiger partial charge in [-0.3, -0.25) is 4.98 Å². The number of benzene rings is 1. The van der Waals surface area contributed by atoms with Gasteiger partial charge in [0.2, 0.25) is 0 Å². The second-order valence-corrected chi connectivity index (χ2v) is 5.00. The van der Waals surface area contributed by atoms with Gasteiger partial charge < -0.3 is 5.32 Å². The Morgan fingerprint density at radius 1 is 1.21 bits per heavy atom. The van der Waals surface area contributed by atoms with Crippen molar-refractivity contribution in [1.29, 1.82) is 0 Å². The second-order valence-electron chi connectivity index (χ2n) is 4.59. The van der Waals surface area contributed by atoms with E-state index in [9.17, 15) is 0 Å². The molecule has 0 saturated heterocycles. The molecule has 100 valence electrons. The molecule has 19 heavy (non-hydrogen) atoms. The minimum atomic E-state index is 0.249. The fourth-order valence-electron chi connectivity index (χ4n) is 2.27. The lowest BCUT2D eigenvalue weighted by atomic mass is 9.97. The van der Waals surface area contributed by atoms with E-state index in [2.05, 4.69) is 36.3 Å². The van der Waals surface area contributed by atoms with Crippen molar-refractivity contribution >= 4 is 11.6 Å². The first-order chi connectivity index (χ1) is 9.22. The van der Waals surface area contributed by atoms with Gasteiger partial charge in [0.05, 0.1) is 0 Å². The first-order valence-corrected chi connectivity index (χ1v) is 6.98. The van der Waals surface area contributed by atoms with E-state index in [1.165, 1.54) is 5.56 Å². The lowest BCUT2D eigenvalue weighted by Crippen LogP contribution is -2.24. The van der Waals surface area contributed by atoms with Gasteiger partial charge in [-0.25, -0.2) is 0 Å². The van der Waals surface area contributed by atoms with Crippen LogP contribution in [0.1, 0.15) is 29.8 Å². The van der Waals surface area contributed by atoms with E-state index in [1.807, 2.05) is 30.5 Å². The number of nitrogens with one attached hydrogen (secondary N) is 1. The molecule has 2 aromatic rings. The Bertz CT molecular complexity index is 526. The number of rotatable bonds is 5. The van der Waals surface area contributed by atoms with Gasteiger partial charge in [-0.2, -0.15) is 0 Å². The second kappa shape index (κ2) is 6.69. The molecule has 1 aromatic carbocycles. The largest absolute Gasteiger partial charge is 0.310 e. The van der Waals surface area contributed by atoms with E-state index < -0.39 is 0 Å². The molecular formula is C16H19ClN2. The first-order valence-electron chi connectivity index (χ1n) is 6.60. The van der Waals surface area contributed by atoms with E-state index in [1.54, 1.807) is 0 Å². The standard InChI is InChI=1S/C16H19ClN2/c1-3-18-16(11-13-7-4-5-10-19-13)14-8-6-9-15(17)12(14)2/h4-10,16,18H,3,11H2,1-2H3. The number of halogens is 1. The van der Waals surface area contributed by atoms with Gasteiger partial charge in [0, 0.05) is 29.4 Å². The molecule has 3 heteroatoms. The molecule has 2 nitrogen and oxygen atoms in total. The predicted octanol–water partition coefficient (Wildman–Crippen LogP) is 3.94. The SMILES string of the molecule is CCNC(Cc1ccccn1)c1cccc(Cl)c1C. The van der Waals surface area contributed by atoms with E-state index in [0.717, 1.165) is 29.2 Å². The van der Waals surface area contributed by atoms with Gasteiger partial charge in [-0.05, 0) is 42.8 Å². The molecule has 0 fully saturated rings. The number of hydrogen-bond acceptors (Lipinski definition) is 2. The normalized spacial score (nSPS) is 12.4. The van der Waals surface area contributed by atoms with Crippen LogP contribution in [0.25, 0.3) is 0 Å². The van der Waals surface area contributed by atoms with Crippen LogP contribution in [0, 0.1) is 6.92 Å². The van der Waals surface area contributed by atoms with E-state index in [-0.39, 0.29) is 6.04 Å². The Hall–Kier alpha value is -1.38. The van der Waals surface area contributed by atoms with Crippen molar-refractivity contribution in [3.8, 4) is 0 Å². The highest BCUT2D eigenvalue weighted by molar-refractivity contribution is 6.31. The molecular weight excluding hydrogens is 256 g/mol. The highest BCUT2D eigenvalue weighted by atomic mass is 35.5. The topological polar surface area (TPSA) is 24.9 Å². The summed E-state index contributed by atoms with van der Waals surface area (Å²) >= 11 is 6.22. The molecule has 0 spiro atoms. The Kier molecular flexibility index (Phi) is 4.94. The van der Waals surface area contributed by atoms with Crippen LogP contribution in [-0.2, 0) is 6.42 Å². The zero-order chi connectivity index (χ0) is 13.7. The van der Waals surface area contributed by atoms with Crippen molar-refractivity contribution in [2.75, 3.05) is 6.54 Å². The number of aromatic nitrogens is 1. The Balaban J connectivity index is 2.27. The molecule has 0 bridgehead atoms. The maximum atomic E-state index is 6.22. The van der Waals surface area contributed by atoms with Crippen LogP contribution in [0.2, 0.25) is 5.02 Å². The highest BCUT2D eigenvalue weighted by Gasteiger charge is 2.15. The average molecular weight is 275 g/mol. The van der Waals surface area contributed by atoms with Crippen molar-refractivity contribution in [3.05, 3.63) is 64.4 Å². The van der Waals surface area contributed by atoms with Gasteiger partial charge in [0.15, 0.2) is 0 Å². The van der Waals surface area contributed by atoms with E-state index in [4.69, 9.17) is 11.6 Å². The Morgan fingerprint density at radius 2 is 2.05 bits per heavy atom. The third-order valence-electron chi connectivity index (χ3n) is 3.27. The maximum Gasteiger partial charge on any atom is 0.0438 e. The van der Waals surface area contributed by atoms with E-state index in [0.29, 0.717) is 0 Å². The number of hydrogen-bond donors (Lipinski definition) is 1. The number of nitrogens with zero attached hydrogens (tertiary/aromatic N) is 1. The summed E-state index contributed by atoms with van der Waals surface area (Å²) in [4.78, 5) is 4.41. The zero-order valence-corrected chi connectivity index (χ0v) is 12.1. The molecule has 0 aliphatic carbocycles. The Morgan fingerprint density at radius 3 is 2.74 bits per heavy atom. The third-order valence-corrected chi connectivity index (χ3v) is 3.68. The summed E-state index contributed by atoms with van der Waals surface area (Å²) in [6, 6.07) is 12.4. The van der Waals surface area contributed by atoms with Crippen molar-refractivity contribution < 1.29 is 0 Å². The molecule has 1 unspecified atom stereocenters. The lowest BCUT2D eigenvalue weighted by molar-refractivity contribution is 0.542. The summed E-state index contributed by atoms with van der Waals surface area (Å²) in [5.41, 5.74) is 3.49. The summed E-state index contributed by atoms with van der Waals surface area (Å²) in [5, 5.41) is 4.34. The summed E-state index contributed by atoms with van der Waals surface area (Å²) in [7, 11) is 0. The maximum absolute atomic E-state index is 6.22. The monoisotopic (exact) mass is 274 g/mol. The third kappa shape index (κ3) is 3.55. The Labute approximate surface area is 119 Å². The predicted molar refractivity (Wildman–Crippen MR) is 80.5 cm³/mol. The molecule has 1 aromatic heterocycles. The molecule has 1 heterocycles. The van der Waals surface area contributed by atoms with Gasteiger partial charge in [0.25, 0.3) is 0 Å². The van der Waals surface area contributed by atoms with Crippen LogP contribution in [-0.4, -0.2) is 11.5 Å². The van der Waals surface area contributed by atoms with Gasteiger partial charge >= 0.3 is 0 Å². The first kappa shape index (κ1) is 14.0. The van der Waals surface area contributed by atoms with Gasteiger partial charge in [-0.15, -0.1) is 0 Å². The van der Waals surface area contributed by atoms with Crippen LogP contribution in [0.5, 0.6) is 0 Å². The molecule has 0 radical (unpaired) electrons. The van der Waals surface area contributed by atoms with Crippen LogP contribution < -0.4 is 5.32 Å². The van der Waals surface area contributed by atoms with E-state index >= 15 is 0 Å². The fourth-order valence-corrected chi connectivity index (χ4v) is 2.45. The molecule has 0 saturated carbocycles. The van der Waals surface area contributed by atoms with Crippen molar-refractivity contribution in [3.63, 3.8) is 0 Å². The van der Waals surface area contributed by atoms with Crippen molar-refractivity contribution in [1.82, 2.24) is 10.3 Å². The van der Waals surface area contributed by atoms with Crippen molar-refractivity contribution in [2.24, 2.45) is 0 Å². The highest BCUT2D eigenvalue weighted by Crippen LogP contribution is 2.26. The molecule has 1 N–H and O–H groups in total. The number of pyridine rings is 1. The van der Waals surface area contributed by atoms with Crippen LogP contribution in [0.3, 0.4) is 0 Å². The zero-order valence-electron chi connectivity index (χ0n) is 11.4. The molecule has 2 rings (SSSR count). The minimum Gasteiger partial charge on any atom is -0.310 e. The lowest BCUT2D eigenvalue weighted by Gasteiger charge is -2.20. The smallest absolute Gasteiger partial charge is 0.0438 e. The van der Waals surface area contributed by atoms with Gasteiger partial charge in [-0.1, -0.05) is 36.7 Å². The summed E-state index contributed by atoms with van der Waals surface area (Å²) < 4.78 is 0. The van der Waals surface area contributed by atoms with Crippen LogP contribution in [0.4, 0.5) is 0 Å². The van der Waals surface area contributed by atoms with Crippen LogP contribution >= 0.6 is 11.6 Å². The quantitative estimate of drug-likeness (QED) is 0.893. The van der Waals surface area contributed by atoms with Gasteiger partial charge in [0.1, 0.15) is 0 Å². The summed E-state index contributed by atoms with van der Waals surface area (Å²) in [5.74, 6) is 0. The average Bonchev–Trinajstić information content (AvgIpc) is 2.43. The summed E-state index contributed by atoms with van der Waals surface area (Å²) in [6.45, 7) is 5.11. The van der Waals surface area contributed by atoms with Crippen molar-refractivity contribution in [2.45, 2.75) is 26.3 Å². The van der Waals surface area contributed by atoms with Crippen LogP contribution in [0.15, 0.2) is 42.6 Å². The molecule has 0 aliphatic rings. The molecule has 0 amide bonds. The fraction of sp³-hybridized carbons (Fsp3) is 0.312.